The molecule has 10 heteroatoms. The van der Waals surface area contributed by atoms with Crippen LogP contribution in [0.25, 0.3) is 0 Å². The number of aliphatic carboxylic acids is 1. The number of pyridine rings is 1. The van der Waals surface area contributed by atoms with Crippen LogP contribution in [0.3, 0.4) is 0 Å². The molecule has 0 saturated carbocycles. The van der Waals surface area contributed by atoms with E-state index >= 15 is 0 Å². The predicted octanol–water partition coefficient (Wildman–Crippen LogP) is 4.51. The van der Waals surface area contributed by atoms with Gasteiger partial charge in [-0.1, -0.05) is 42.5 Å². The van der Waals surface area contributed by atoms with Gasteiger partial charge in [0.1, 0.15) is 18.5 Å². The van der Waals surface area contributed by atoms with Gasteiger partial charge in [-0.05, 0) is 59.7 Å². The van der Waals surface area contributed by atoms with Crippen molar-refractivity contribution in [3.05, 3.63) is 120 Å². The van der Waals surface area contributed by atoms with E-state index in [0.29, 0.717) is 34.9 Å². The predicted molar refractivity (Wildman–Crippen MR) is 157 cm³/mol. The second kappa shape index (κ2) is 15.3. The molecule has 212 valence electrons. The maximum absolute atomic E-state index is 13.4. The zero-order valence-corrected chi connectivity index (χ0v) is 22.8. The lowest BCUT2D eigenvalue weighted by molar-refractivity contribution is -0.134. The van der Waals surface area contributed by atoms with Crippen molar-refractivity contribution in [2.45, 2.75) is 26.1 Å². The number of nitrogens with zero attached hydrogens (tertiary/aromatic N) is 1. The third-order valence-electron chi connectivity index (χ3n) is 5.70. The van der Waals surface area contributed by atoms with Crippen LogP contribution in [0.4, 0.5) is 5.69 Å². The van der Waals surface area contributed by atoms with Gasteiger partial charge in [0, 0.05) is 30.9 Å². The number of benzene rings is 3. The molecule has 1 unspecified atom stereocenters. The van der Waals surface area contributed by atoms with Crippen molar-refractivity contribution in [1.82, 2.24) is 10.3 Å². The number of rotatable bonds is 11. The number of carboxylic acids is 1. The van der Waals surface area contributed by atoms with Gasteiger partial charge in [0.25, 0.3) is 5.97 Å². The fourth-order valence-electron chi connectivity index (χ4n) is 3.72. The van der Waals surface area contributed by atoms with Gasteiger partial charge < -0.3 is 30.9 Å². The summed E-state index contributed by atoms with van der Waals surface area (Å²) in [5.41, 5.74) is 9.38. The standard InChI is InChI=1S/C29H29N5O3.C2H4O2/c1-36-26-17-22(12-15-25(26)37-19-24-9-5-6-16-32-24)27(29(35)33-18-20-7-3-2-4-8-20)34-23-13-10-21(11-14-23)28(30)31;1-2(3)4/h2-17,27,34H,18-19H2,1H3,(H3,30,31)(H,33,35);1H3,(H,3,4). The molecule has 0 fully saturated rings. The molecule has 1 amide bonds. The quantitative estimate of drug-likeness (QED) is 0.133. The summed E-state index contributed by atoms with van der Waals surface area (Å²) in [5, 5.41) is 21.3. The molecule has 0 aliphatic rings. The number of nitrogens with one attached hydrogen (secondary N) is 3. The topological polar surface area (TPSA) is 160 Å². The Morgan fingerprint density at radius 2 is 1.66 bits per heavy atom. The first-order chi connectivity index (χ1) is 19.8. The highest BCUT2D eigenvalue weighted by atomic mass is 16.5. The van der Waals surface area contributed by atoms with Crippen LogP contribution in [-0.2, 0) is 22.7 Å². The fourth-order valence-corrected chi connectivity index (χ4v) is 3.72. The Morgan fingerprint density at radius 3 is 2.27 bits per heavy atom. The van der Waals surface area contributed by atoms with E-state index in [1.165, 1.54) is 0 Å². The van der Waals surface area contributed by atoms with Gasteiger partial charge in [0.05, 0.1) is 12.8 Å². The van der Waals surface area contributed by atoms with E-state index in [-0.39, 0.29) is 18.3 Å². The number of carboxylic acid groups (broad SMARTS) is 1. The molecule has 1 heterocycles. The van der Waals surface area contributed by atoms with Gasteiger partial charge in [-0.15, -0.1) is 0 Å². The summed E-state index contributed by atoms with van der Waals surface area (Å²) in [7, 11) is 1.56. The zero-order valence-electron chi connectivity index (χ0n) is 22.8. The number of ether oxygens (including phenoxy) is 2. The zero-order chi connectivity index (χ0) is 29.6. The largest absolute Gasteiger partial charge is 0.493 e. The van der Waals surface area contributed by atoms with Crippen molar-refractivity contribution in [1.29, 1.82) is 5.41 Å². The minimum absolute atomic E-state index is 0.0188. The smallest absolute Gasteiger partial charge is 0.300 e. The minimum atomic E-state index is -0.833. The summed E-state index contributed by atoms with van der Waals surface area (Å²) in [6, 6.07) is 27.1. The molecule has 0 saturated heterocycles. The molecule has 0 aliphatic carbocycles. The van der Waals surface area contributed by atoms with Crippen LogP contribution in [0.1, 0.15) is 35.3 Å². The van der Waals surface area contributed by atoms with Crippen LogP contribution in [-0.4, -0.2) is 34.9 Å². The number of methoxy groups -OCH3 is 1. The average Bonchev–Trinajstić information content (AvgIpc) is 2.98. The van der Waals surface area contributed by atoms with Gasteiger partial charge in [-0.2, -0.15) is 0 Å². The van der Waals surface area contributed by atoms with Crippen LogP contribution >= 0.6 is 0 Å². The van der Waals surface area contributed by atoms with Gasteiger partial charge in [0.15, 0.2) is 11.5 Å². The molecule has 0 spiro atoms. The monoisotopic (exact) mass is 555 g/mol. The lowest BCUT2D eigenvalue weighted by atomic mass is 10.0. The number of carbonyl (C=O) groups excluding carboxylic acids is 1. The Morgan fingerprint density at radius 1 is 0.976 bits per heavy atom. The average molecular weight is 556 g/mol. The molecular formula is C31H33N5O5. The Kier molecular flexibility index (Phi) is 11.2. The molecule has 0 aliphatic heterocycles. The molecule has 0 radical (unpaired) electrons. The Hall–Kier alpha value is -5.38. The van der Waals surface area contributed by atoms with E-state index in [1.54, 1.807) is 49.7 Å². The van der Waals surface area contributed by atoms with Crippen LogP contribution in [0, 0.1) is 5.41 Å². The van der Waals surface area contributed by atoms with Crippen LogP contribution in [0.2, 0.25) is 0 Å². The maximum Gasteiger partial charge on any atom is 0.300 e. The van der Waals surface area contributed by atoms with Crippen LogP contribution in [0.5, 0.6) is 11.5 Å². The number of nitrogen functional groups attached to an aromatic ring is 1. The van der Waals surface area contributed by atoms with E-state index in [9.17, 15) is 4.79 Å². The number of nitrogens with two attached hydrogens (primary N) is 1. The van der Waals surface area contributed by atoms with Crippen molar-refractivity contribution in [3.8, 4) is 11.5 Å². The van der Waals surface area contributed by atoms with E-state index in [1.807, 2.05) is 54.6 Å². The maximum atomic E-state index is 13.4. The molecule has 0 bridgehead atoms. The number of hydrogen-bond acceptors (Lipinski definition) is 7. The molecule has 3 aromatic carbocycles. The number of hydrogen-bond donors (Lipinski definition) is 5. The highest BCUT2D eigenvalue weighted by Gasteiger charge is 2.22. The highest BCUT2D eigenvalue weighted by molar-refractivity contribution is 5.95. The second-order valence-corrected chi connectivity index (χ2v) is 8.81. The summed E-state index contributed by atoms with van der Waals surface area (Å²) in [5.74, 6) is -0.00684. The molecule has 4 rings (SSSR count). The summed E-state index contributed by atoms with van der Waals surface area (Å²) >= 11 is 0. The molecule has 1 atom stereocenters. The van der Waals surface area contributed by atoms with Gasteiger partial charge in [0.2, 0.25) is 5.91 Å². The number of aromatic nitrogens is 1. The second-order valence-electron chi connectivity index (χ2n) is 8.81. The Labute approximate surface area is 238 Å². The summed E-state index contributed by atoms with van der Waals surface area (Å²) in [6.07, 6.45) is 1.71. The fraction of sp³-hybridized carbons (Fsp3) is 0.161. The lowest BCUT2D eigenvalue weighted by Gasteiger charge is -2.22. The number of amides is 1. The van der Waals surface area contributed by atoms with E-state index in [0.717, 1.165) is 18.2 Å². The van der Waals surface area contributed by atoms with Crippen molar-refractivity contribution in [2.75, 3.05) is 12.4 Å². The Bertz CT molecular complexity index is 1430. The number of anilines is 1. The van der Waals surface area contributed by atoms with Crippen LogP contribution in [0.15, 0.2) is 97.2 Å². The summed E-state index contributed by atoms with van der Waals surface area (Å²) in [4.78, 5) is 26.7. The SMILES string of the molecule is CC(=O)O.COc1cc(C(Nc2ccc(C(=N)N)cc2)C(=O)NCc2ccccc2)ccc1OCc1ccccn1. The van der Waals surface area contributed by atoms with Crippen molar-refractivity contribution >= 4 is 23.4 Å². The first kappa shape index (κ1) is 30.2. The van der Waals surface area contributed by atoms with Crippen molar-refractivity contribution in [2.24, 2.45) is 5.73 Å². The third kappa shape index (κ3) is 9.70. The molecule has 41 heavy (non-hydrogen) atoms. The van der Waals surface area contributed by atoms with E-state index in [2.05, 4.69) is 15.6 Å². The van der Waals surface area contributed by atoms with Crippen molar-refractivity contribution < 1.29 is 24.2 Å². The molecule has 10 nitrogen and oxygen atoms in total. The lowest BCUT2D eigenvalue weighted by Crippen LogP contribution is -2.33. The normalized spacial score (nSPS) is 10.8. The van der Waals surface area contributed by atoms with E-state index < -0.39 is 12.0 Å². The van der Waals surface area contributed by atoms with E-state index in [4.69, 9.17) is 30.5 Å². The first-order valence-corrected chi connectivity index (χ1v) is 12.7. The van der Waals surface area contributed by atoms with Gasteiger partial charge >= 0.3 is 0 Å². The number of carbonyl (C=O) groups is 2. The Balaban J connectivity index is 0.00000108. The highest BCUT2D eigenvalue weighted by Crippen LogP contribution is 2.32. The molecule has 1 aromatic heterocycles. The van der Waals surface area contributed by atoms with Crippen LogP contribution < -0.4 is 25.8 Å². The molecular weight excluding hydrogens is 522 g/mol. The summed E-state index contributed by atoms with van der Waals surface area (Å²) < 4.78 is 11.5. The summed E-state index contributed by atoms with van der Waals surface area (Å²) in [6.45, 7) is 1.77. The van der Waals surface area contributed by atoms with Gasteiger partial charge in [-0.25, -0.2) is 0 Å². The first-order valence-electron chi connectivity index (χ1n) is 12.7. The number of amidine groups is 1. The minimum Gasteiger partial charge on any atom is -0.493 e. The van der Waals surface area contributed by atoms with Crippen molar-refractivity contribution in [3.63, 3.8) is 0 Å². The third-order valence-corrected chi connectivity index (χ3v) is 5.70. The molecule has 4 aromatic rings. The van der Waals surface area contributed by atoms with Gasteiger partial charge in [-0.3, -0.25) is 20.0 Å². The molecule has 6 N–H and O–H groups in total.